The number of hydrogen-bond acceptors (Lipinski definition) is 8. The highest BCUT2D eigenvalue weighted by atomic mass is 32.2. The van der Waals surface area contributed by atoms with Crippen molar-refractivity contribution in [3.05, 3.63) is 23.8 Å². The predicted molar refractivity (Wildman–Crippen MR) is 85.2 cm³/mol. The molecule has 0 unspecified atom stereocenters. The molecule has 0 bridgehead atoms. The van der Waals surface area contributed by atoms with Crippen LogP contribution < -0.4 is 10.6 Å². The monoisotopic (exact) mass is 324 g/mol. The molecule has 0 spiro atoms. The maximum Gasteiger partial charge on any atom is 0.338 e. The van der Waals surface area contributed by atoms with Crippen LogP contribution in [-0.4, -0.2) is 36.9 Å². The third-order valence-corrected chi connectivity index (χ3v) is 4.73. The second-order valence-corrected chi connectivity index (χ2v) is 6.57. The highest BCUT2D eigenvalue weighted by Gasteiger charge is 2.12. The predicted octanol–water partition coefficient (Wildman–Crippen LogP) is 2.51. The van der Waals surface area contributed by atoms with Crippen LogP contribution in [-0.2, 0) is 4.74 Å². The van der Waals surface area contributed by atoms with E-state index in [1.807, 2.05) is 19.0 Å². The van der Waals surface area contributed by atoms with Crippen molar-refractivity contribution in [3.8, 4) is 0 Å². The highest BCUT2D eigenvalue weighted by Crippen LogP contribution is 2.36. The molecule has 0 aliphatic carbocycles. The summed E-state index contributed by atoms with van der Waals surface area (Å²) >= 11 is 2.91. The van der Waals surface area contributed by atoms with E-state index in [2.05, 4.69) is 10.2 Å². The van der Waals surface area contributed by atoms with Crippen molar-refractivity contribution < 1.29 is 9.53 Å². The Hall–Kier alpha value is -1.80. The number of benzene rings is 1. The largest absolute Gasteiger partial charge is 0.462 e. The van der Waals surface area contributed by atoms with E-state index in [-0.39, 0.29) is 5.97 Å². The molecule has 0 amide bonds. The molecule has 1 aromatic carbocycles. The van der Waals surface area contributed by atoms with E-state index in [0.29, 0.717) is 17.9 Å². The molecule has 0 saturated heterocycles. The number of carbonyl (C=O) groups excluding carboxylic acids is 1. The summed E-state index contributed by atoms with van der Waals surface area (Å²) in [7, 11) is 3.83. The van der Waals surface area contributed by atoms with Gasteiger partial charge in [0.25, 0.3) is 0 Å². The molecule has 0 atom stereocenters. The topological polar surface area (TPSA) is 81.3 Å². The second-order valence-electron chi connectivity index (χ2n) is 4.32. The number of esters is 1. The molecular weight excluding hydrogens is 308 g/mol. The van der Waals surface area contributed by atoms with E-state index >= 15 is 0 Å². The number of ether oxygens (including phenoxy) is 1. The summed E-state index contributed by atoms with van der Waals surface area (Å²) in [6, 6.07) is 5.11. The molecule has 6 nitrogen and oxygen atoms in total. The number of nitrogens with zero attached hydrogens (tertiary/aromatic N) is 3. The first-order valence-corrected chi connectivity index (χ1v) is 7.90. The van der Waals surface area contributed by atoms with Gasteiger partial charge >= 0.3 is 5.97 Å². The molecule has 112 valence electrons. The number of rotatable bonds is 5. The van der Waals surface area contributed by atoms with E-state index in [4.69, 9.17) is 10.5 Å². The van der Waals surface area contributed by atoms with Crippen LogP contribution >= 0.6 is 23.1 Å². The Labute approximate surface area is 131 Å². The molecule has 2 N–H and O–H groups in total. The van der Waals surface area contributed by atoms with Crippen LogP contribution in [0.4, 0.5) is 10.8 Å². The molecule has 2 aromatic rings. The van der Waals surface area contributed by atoms with Gasteiger partial charge in [-0.25, -0.2) is 4.79 Å². The maximum absolute atomic E-state index is 11.6. The highest BCUT2D eigenvalue weighted by molar-refractivity contribution is 8.01. The van der Waals surface area contributed by atoms with Crippen molar-refractivity contribution in [2.75, 3.05) is 31.3 Å². The molecule has 0 radical (unpaired) electrons. The third kappa shape index (κ3) is 3.85. The van der Waals surface area contributed by atoms with Crippen molar-refractivity contribution in [2.24, 2.45) is 0 Å². The number of carbonyl (C=O) groups is 1. The number of hydrogen-bond donors (Lipinski definition) is 1. The van der Waals surface area contributed by atoms with Crippen molar-refractivity contribution in [3.63, 3.8) is 0 Å². The van der Waals surface area contributed by atoms with Gasteiger partial charge in [0.1, 0.15) is 0 Å². The molecule has 0 aliphatic heterocycles. The summed E-state index contributed by atoms with van der Waals surface area (Å²) in [6.07, 6.45) is 0. The van der Waals surface area contributed by atoms with Gasteiger partial charge in [-0.2, -0.15) is 0 Å². The van der Waals surface area contributed by atoms with E-state index in [1.165, 1.54) is 23.1 Å². The minimum atomic E-state index is -0.369. The lowest BCUT2D eigenvalue weighted by Crippen LogP contribution is -2.07. The van der Waals surface area contributed by atoms with E-state index in [1.54, 1.807) is 25.1 Å². The van der Waals surface area contributed by atoms with Gasteiger partial charge in [-0.15, -0.1) is 10.2 Å². The SMILES string of the molecule is CCOC(=O)c1ccc(Sc2nnc(N(C)C)s2)c(N)c1. The normalized spacial score (nSPS) is 10.4. The van der Waals surface area contributed by atoms with Crippen LogP contribution in [0.25, 0.3) is 0 Å². The molecule has 0 fully saturated rings. The first-order chi connectivity index (χ1) is 10.0. The molecule has 0 aliphatic rings. The smallest absolute Gasteiger partial charge is 0.338 e. The number of nitrogens with two attached hydrogens (primary N) is 1. The van der Waals surface area contributed by atoms with Gasteiger partial charge in [0, 0.05) is 24.7 Å². The van der Waals surface area contributed by atoms with E-state index in [0.717, 1.165) is 14.4 Å². The van der Waals surface area contributed by atoms with E-state index < -0.39 is 0 Å². The van der Waals surface area contributed by atoms with Crippen molar-refractivity contribution in [2.45, 2.75) is 16.2 Å². The van der Waals surface area contributed by atoms with Gasteiger partial charge in [-0.3, -0.25) is 0 Å². The lowest BCUT2D eigenvalue weighted by Gasteiger charge is -2.06. The van der Waals surface area contributed by atoms with Crippen LogP contribution in [0.5, 0.6) is 0 Å². The summed E-state index contributed by atoms with van der Waals surface area (Å²) in [6.45, 7) is 2.11. The quantitative estimate of drug-likeness (QED) is 0.668. The van der Waals surface area contributed by atoms with Crippen molar-refractivity contribution >= 4 is 39.9 Å². The van der Waals surface area contributed by atoms with Gasteiger partial charge in [0.05, 0.1) is 12.2 Å². The minimum Gasteiger partial charge on any atom is -0.462 e. The van der Waals surface area contributed by atoms with Gasteiger partial charge in [-0.1, -0.05) is 23.1 Å². The Kier molecular flexibility index (Phi) is 5.03. The first-order valence-electron chi connectivity index (χ1n) is 6.26. The van der Waals surface area contributed by atoms with Crippen LogP contribution in [0.1, 0.15) is 17.3 Å². The average molecular weight is 324 g/mol. The Balaban J connectivity index is 2.15. The van der Waals surface area contributed by atoms with E-state index in [9.17, 15) is 4.79 Å². The maximum atomic E-state index is 11.6. The van der Waals surface area contributed by atoms with Crippen LogP contribution in [0, 0.1) is 0 Å². The first kappa shape index (κ1) is 15.6. The molecular formula is C13H16N4O2S2. The lowest BCUT2D eigenvalue weighted by molar-refractivity contribution is 0.0526. The molecule has 0 saturated carbocycles. The molecule has 8 heteroatoms. The zero-order chi connectivity index (χ0) is 15.4. The van der Waals surface area contributed by atoms with Gasteiger partial charge in [-0.05, 0) is 25.1 Å². The van der Waals surface area contributed by atoms with Gasteiger partial charge in [0.15, 0.2) is 4.34 Å². The lowest BCUT2D eigenvalue weighted by atomic mass is 10.2. The molecule has 1 heterocycles. The molecule has 2 rings (SSSR count). The van der Waals surface area contributed by atoms with Crippen LogP contribution in [0.15, 0.2) is 27.4 Å². The fourth-order valence-corrected chi connectivity index (χ4v) is 3.25. The zero-order valence-corrected chi connectivity index (χ0v) is 13.6. The van der Waals surface area contributed by atoms with Crippen molar-refractivity contribution in [1.29, 1.82) is 0 Å². The Morgan fingerprint density at radius 2 is 2.19 bits per heavy atom. The second kappa shape index (κ2) is 6.77. The Bertz CT molecular complexity index is 643. The average Bonchev–Trinajstić information content (AvgIpc) is 2.90. The number of aromatic nitrogens is 2. The minimum absolute atomic E-state index is 0.341. The van der Waals surface area contributed by atoms with Gasteiger partial charge < -0.3 is 15.4 Å². The van der Waals surface area contributed by atoms with Crippen molar-refractivity contribution in [1.82, 2.24) is 10.2 Å². The summed E-state index contributed by atoms with van der Waals surface area (Å²) in [5, 5.41) is 9.01. The summed E-state index contributed by atoms with van der Waals surface area (Å²) in [5.74, 6) is -0.369. The Morgan fingerprint density at radius 1 is 1.43 bits per heavy atom. The Morgan fingerprint density at radius 3 is 2.76 bits per heavy atom. The fourth-order valence-electron chi connectivity index (χ4n) is 1.50. The summed E-state index contributed by atoms with van der Waals surface area (Å²) in [5.41, 5.74) is 6.96. The van der Waals surface area contributed by atoms with Crippen LogP contribution in [0.3, 0.4) is 0 Å². The van der Waals surface area contributed by atoms with Gasteiger partial charge in [0.2, 0.25) is 5.13 Å². The third-order valence-electron chi connectivity index (χ3n) is 2.50. The zero-order valence-electron chi connectivity index (χ0n) is 12.0. The fraction of sp³-hybridized carbons (Fsp3) is 0.308. The molecule has 1 aromatic heterocycles. The summed E-state index contributed by atoms with van der Waals surface area (Å²) in [4.78, 5) is 14.4. The standard InChI is InChI=1S/C13H16N4O2S2/c1-4-19-11(18)8-5-6-10(9(14)7-8)20-13-16-15-12(21-13)17(2)3/h5-7H,4,14H2,1-3H3. The van der Waals surface area contributed by atoms with Crippen LogP contribution in [0.2, 0.25) is 0 Å². The number of anilines is 2. The number of nitrogen functional groups attached to an aromatic ring is 1. The molecule has 21 heavy (non-hydrogen) atoms. The summed E-state index contributed by atoms with van der Waals surface area (Å²) < 4.78 is 5.74.